The van der Waals surface area contributed by atoms with Gasteiger partial charge in [0.05, 0.1) is 22.2 Å². The van der Waals surface area contributed by atoms with Crippen molar-refractivity contribution in [3.05, 3.63) is 47.0 Å². The molecule has 0 saturated carbocycles. The summed E-state index contributed by atoms with van der Waals surface area (Å²) in [7, 11) is -2.78. The summed E-state index contributed by atoms with van der Waals surface area (Å²) >= 11 is 1.16. The lowest BCUT2D eigenvalue weighted by Gasteiger charge is -2.21. The first-order valence-corrected chi connectivity index (χ1v) is 12.9. The number of hydrogen-bond acceptors (Lipinski definition) is 8. The van der Waals surface area contributed by atoms with Crippen LogP contribution in [-0.2, 0) is 30.9 Å². The second kappa shape index (κ2) is 9.06. The fourth-order valence-corrected chi connectivity index (χ4v) is 6.77. The molecule has 1 unspecified atom stereocenters. The van der Waals surface area contributed by atoms with Gasteiger partial charge in [0.2, 0.25) is 16.8 Å². The van der Waals surface area contributed by atoms with Crippen molar-refractivity contribution in [2.24, 2.45) is 4.99 Å². The van der Waals surface area contributed by atoms with Crippen LogP contribution in [0.5, 0.6) is 11.5 Å². The Morgan fingerprint density at radius 2 is 1.91 bits per heavy atom. The average Bonchev–Trinajstić information content (AvgIpc) is 3.57. The molecular weight excluding hydrogens is 501 g/mol. The van der Waals surface area contributed by atoms with Gasteiger partial charge in [-0.25, -0.2) is 12.8 Å². The maximum atomic E-state index is 13.3. The summed E-state index contributed by atoms with van der Waals surface area (Å²) in [5, 5.41) is 0. The molecule has 0 N–H and O–H groups in total. The largest absolute Gasteiger partial charge is 0.468 e. The number of carbonyl (C=O) groups excluding carboxylic acids is 2. The second-order valence-electron chi connectivity index (χ2n) is 7.90. The normalized spacial score (nSPS) is 18.3. The van der Waals surface area contributed by atoms with Gasteiger partial charge in [-0.3, -0.25) is 9.59 Å². The van der Waals surface area contributed by atoms with E-state index in [9.17, 15) is 22.4 Å². The SMILES string of the molecule is COC(=O)Cn1c(=NC(=O)C2CCCN2S(=O)(=O)c2ccc(F)cc2)sc2cc3c(cc21)OCO3. The van der Waals surface area contributed by atoms with E-state index in [4.69, 9.17) is 14.2 Å². The molecule has 0 aliphatic carbocycles. The third kappa shape index (κ3) is 4.30. The number of methoxy groups -OCH3 is 1. The lowest BCUT2D eigenvalue weighted by atomic mass is 10.2. The van der Waals surface area contributed by atoms with E-state index in [1.54, 1.807) is 12.1 Å². The minimum absolute atomic E-state index is 0.0827. The number of fused-ring (bicyclic) bond motifs is 2. The van der Waals surface area contributed by atoms with Gasteiger partial charge in [-0.2, -0.15) is 9.30 Å². The summed E-state index contributed by atoms with van der Waals surface area (Å²) < 4.78 is 58.5. The number of carbonyl (C=O) groups is 2. The van der Waals surface area contributed by atoms with Gasteiger partial charge >= 0.3 is 5.97 Å². The van der Waals surface area contributed by atoms with Crippen molar-refractivity contribution in [2.75, 3.05) is 20.4 Å². The van der Waals surface area contributed by atoms with E-state index in [0.29, 0.717) is 34.6 Å². The lowest BCUT2D eigenvalue weighted by Crippen LogP contribution is -2.40. The number of aromatic nitrogens is 1. The highest BCUT2D eigenvalue weighted by molar-refractivity contribution is 7.89. The van der Waals surface area contributed by atoms with Crippen molar-refractivity contribution < 1.29 is 36.6 Å². The first-order chi connectivity index (χ1) is 16.8. The highest BCUT2D eigenvalue weighted by Crippen LogP contribution is 2.37. The van der Waals surface area contributed by atoms with Crippen LogP contribution in [-0.4, -0.2) is 55.7 Å². The summed E-state index contributed by atoms with van der Waals surface area (Å²) in [6, 6.07) is 6.87. The van der Waals surface area contributed by atoms with Gasteiger partial charge in [0.1, 0.15) is 18.4 Å². The molecule has 0 bridgehead atoms. The molecule has 10 nitrogen and oxygen atoms in total. The Bertz CT molecular complexity index is 1500. The van der Waals surface area contributed by atoms with E-state index >= 15 is 0 Å². The number of ether oxygens (including phenoxy) is 3. The van der Waals surface area contributed by atoms with E-state index in [1.165, 1.54) is 23.8 Å². The van der Waals surface area contributed by atoms with Crippen LogP contribution in [0.1, 0.15) is 12.8 Å². The number of esters is 1. The van der Waals surface area contributed by atoms with Crippen molar-refractivity contribution in [3.8, 4) is 11.5 Å². The van der Waals surface area contributed by atoms with Gasteiger partial charge in [-0.05, 0) is 37.1 Å². The summed E-state index contributed by atoms with van der Waals surface area (Å²) in [5.41, 5.74) is 0.596. The second-order valence-corrected chi connectivity index (χ2v) is 10.8. The third-order valence-corrected chi connectivity index (χ3v) is 8.77. The van der Waals surface area contributed by atoms with Crippen LogP contribution >= 0.6 is 11.3 Å². The monoisotopic (exact) mass is 521 g/mol. The number of benzene rings is 2. The average molecular weight is 522 g/mol. The number of nitrogens with zero attached hydrogens (tertiary/aromatic N) is 3. The van der Waals surface area contributed by atoms with Crippen LogP contribution < -0.4 is 14.3 Å². The zero-order valence-electron chi connectivity index (χ0n) is 18.5. The molecule has 2 aliphatic heterocycles. The molecule has 1 aromatic heterocycles. The first kappa shape index (κ1) is 23.5. The molecule has 35 heavy (non-hydrogen) atoms. The lowest BCUT2D eigenvalue weighted by molar-refractivity contribution is -0.141. The Morgan fingerprint density at radius 1 is 1.20 bits per heavy atom. The Labute approximate surface area is 203 Å². The van der Waals surface area contributed by atoms with Crippen LogP contribution in [0.25, 0.3) is 10.2 Å². The predicted molar refractivity (Wildman–Crippen MR) is 122 cm³/mol. The van der Waals surface area contributed by atoms with Crippen molar-refractivity contribution in [1.29, 1.82) is 0 Å². The Kier molecular flexibility index (Phi) is 6.07. The standard InChI is InChI=1S/C22H20FN3O7S2/c1-31-20(27)11-25-16-9-17-18(33-12-32-17)10-19(16)34-22(25)24-21(28)15-3-2-8-26(15)35(29,30)14-6-4-13(23)5-7-14/h4-7,9-10,15H,2-3,8,11-12H2,1H3. The Morgan fingerprint density at radius 3 is 2.63 bits per heavy atom. The molecule has 1 saturated heterocycles. The summed E-state index contributed by atoms with van der Waals surface area (Å²) in [6.07, 6.45) is 0.767. The summed E-state index contributed by atoms with van der Waals surface area (Å²) in [5.74, 6) is -0.723. The fourth-order valence-electron chi connectivity index (χ4n) is 4.08. The van der Waals surface area contributed by atoms with Gasteiger partial charge in [0.25, 0.3) is 5.91 Å². The zero-order valence-corrected chi connectivity index (χ0v) is 20.1. The number of amides is 1. The number of thiazole rings is 1. The van der Waals surface area contributed by atoms with Gasteiger partial charge < -0.3 is 18.8 Å². The maximum absolute atomic E-state index is 13.3. The van der Waals surface area contributed by atoms with Crippen LogP contribution in [0.15, 0.2) is 46.3 Å². The predicted octanol–water partition coefficient (Wildman–Crippen LogP) is 2.02. The molecule has 0 spiro atoms. The number of sulfonamides is 1. The van der Waals surface area contributed by atoms with Crippen LogP contribution in [0.3, 0.4) is 0 Å². The minimum atomic E-state index is -4.03. The summed E-state index contributed by atoms with van der Waals surface area (Å²) in [6.45, 7) is 0.0193. The van der Waals surface area contributed by atoms with Gasteiger partial charge in [-0.1, -0.05) is 11.3 Å². The van der Waals surface area contributed by atoms with Crippen LogP contribution in [0, 0.1) is 5.82 Å². The van der Waals surface area contributed by atoms with Crippen molar-refractivity contribution in [1.82, 2.24) is 8.87 Å². The molecule has 3 heterocycles. The van der Waals surface area contributed by atoms with Crippen molar-refractivity contribution >= 4 is 43.5 Å². The van der Waals surface area contributed by atoms with E-state index in [-0.39, 0.29) is 29.6 Å². The Balaban J connectivity index is 1.54. The number of halogens is 1. The van der Waals surface area contributed by atoms with Gasteiger partial charge in [0, 0.05) is 18.7 Å². The molecule has 1 amide bonds. The quantitative estimate of drug-likeness (QED) is 0.472. The molecular formula is C22H20FN3O7S2. The minimum Gasteiger partial charge on any atom is -0.468 e. The van der Waals surface area contributed by atoms with E-state index < -0.39 is 33.8 Å². The molecule has 2 aromatic carbocycles. The zero-order chi connectivity index (χ0) is 24.7. The van der Waals surface area contributed by atoms with Gasteiger partial charge in [0.15, 0.2) is 16.3 Å². The highest BCUT2D eigenvalue weighted by atomic mass is 32.2. The molecule has 0 radical (unpaired) electrons. The molecule has 3 aromatic rings. The third-order valence-electron chi connectivity index (χ3n) is 5.81. The van der Waals surface area contributed by atoms with Crippen molar-refractivity contribution in [3.63, 3.8) is 0 Å². The number of rotatable bonds is 5. The van der Waals surface area contributed by atoms with E-state index in [1.807, 2.05) is 0 Å². The van der Waals surface area contributed by atoms with E-state index in [2.05, 4.69) is 4.99 Å². The molecule has 1 fully saturated rings. The van der Waals surface area contributed by atoms with E-state index in [0.717, 1.165) is 27.8 Å². The highest BCUT2D eigenvalue weighted by Gasteiger charge is 2.39. The van der Waals surface area contributed by atoms with Crippen LogP contribution in [0.4, 0.5) is 4.39 Å². The molecule has 184 valence electrons. The molecule has 1 atom stereocenters. The number of hydrogen-bond donors (Lipinski definition) is 0. The van der Waals surface area contributed by atoms with Crippen LogP contribution in [0.2, 0.25) is 0 Å². The molecule has 2 aliphatic rings. The Hall–Kier alpha value is -3.29. The smallest absolute Gasteiger partial charge is 0.325 e. The fraction of sp³-hybridized carbons (Fsp3) is 0.318. The first-order valence-electron chi connectivity index (χ1n) is 10.6. The summed E-state index contributed by atoms with van der Waals surface area (Å²) in [4.78, 5) is 29.7. The van der Waals surface area contributed by atoms with Gasteiger partial charge in [-0.15, -0.1) is 0 Å². The van der Waals surface area contributed by atoms with Crippen molar-refractivity contribution in [2.45, 2.75) is 30.3 Å². The molecule has 13 heteroatoms. The topological polar surface area (TPSA) is 116 Å². The maximum Gasteiger partial charge on any atom is 0.325 e. The molecule has 5 rings (SSSR count).